The average molecular weight is 186 g/mol. The van der Waals surface area contributed by atoms with Crippen LogP contribution in [0.5, 0.6) is 0 Å². The molecule has 1 heterocycles. The van der Waals surface area contributed by atoms with E-state index in [2.05, 4.69) is 5.32 Å². The molecule has 2 N–H and O–H groups in total. The minimum Gasteiger partial charge on any atom is -0.473 e. The molecule has 0 aliphatic carbocycles. The molecular weight excluding hydrogens is 176 g/mol. The van der Waals surface area contributed by atoms with E-state index in [0.717, 1.165) is 12.8 Å². The number of nitro groups is 1. The predicted octanol–water partition coefficient (Wildman–Crippen LogP) is 0.333. The predicted molar refractivity (Wildman–Crippen MR) is 43.5 cm³/mol. The quantitative estimate of drug-likeness (QED) is 0.368. The first-order chi connectivity index (χ1) is 6.13. The number of hydrogen-bond acceptors (Lipinski definition) is 4. The van der Waals surface area contributed by atoms with Crippen molar-refractivity contribution in [3.8, 4) is 0 Å². The van der Waals surface area contributed by atoms with Gasteiger partial charge in [-0.2, -0.15) is 0 Å². The lowest BCUT2D eigenvalue weighted by molar-refractivity contribution is -0.422. The molecule has 1 aliphatic heterocycles. The van der Waals surface area contributed by atoms with Crippen LogP contribution in [0.2, 0.25) is 0 Å². The van der Waals surface area contributed by atoms with E-state index >= 15 is 0 Å². The Morgan fingerprint density at radius 2 is 2.23 bits per heavy atom. The summed E-state index contributed by atoms with van der Waals surface area (Å²) in [7, 11) is 0. The number of hydrogen-bond donors (Lipinski definition) is 2. The fraction of sp³-hybridized carbons (Fsp3) is 0.571. The average Bonchev–Trinajstić information content (AvgIpc) is 2.04. The van der Waals surface area contributed by atoms with Gasteiger partial charge in [-0.05, 0) is 19.3 Å². The number of carboxylic acids is 1. The van der Waals surface area contributed by atoms with Gasteiger partial charge in [0.2, 0.25) is 0 Å². The van der Waals surface area contributed by atoms with E-state index in [1.807, 2.05) is 0 Å². The molecule has 0 aromatic heterocycles. The molecule has 0 amide bonds. The largest absolute Gasteiger partial charge is 0.473 e. The Labute approximate surface area is 74.4 Å². The van der Waals surface area contributed by atoms with E-state index in [4.69, 9.17) is 5.11 Å². The lowest BCUT2D eigenvalue weighted by Gasteiger charge is -2.15. The molecule has 6 nitrogen and oxygen atoms in total. The summed E-state index contributed by atoms with van der Waals surface area (Å²) < 4.78 is 0. The third-order valence-electron chi connectivity index (χ3n) is 1.86. The molecule has 1 aliphatic rings. The van der Waals surface area contributed by atoms with Crippen LogP contribution >= 0.6 is 0 Å². The van der Waals surface area contributed by atoms with Crippen molar-refractivity contribution in [1.82, 2.24) is 5.32 Å². The molecule has 0 aromatic rings. The Kier molecular flexibility index (Phi) is 2.84. The van der Waals surface area contributed by atoms with Crippen molar-refractivity contribution in [3.05, 3.63) is 21.5 Å². The molecule has 6 heteroatoms. The van der Waals surface area contributed by atoms with E-state index in [0.29, 0.717) is 13.0 Å². The van der Waals surface area contributed by atoms with Crippen LogP contribution in [0.25, 0.3) is 0 Å². The van der Waals surface area contributed by atoms with Gasteiger partial charge in [0, 0.05) is 6.54 Å². The number of allylic oxidation sites excluding steroid dienone is 1. The Bertz CT molecular complexity index is 248. The summed E-state index contributed by atoms with van der Waals surface area (Å²) in [5.41, 5.74) is -0.483. The van der Waals surface area contributed by atoms with Crippen LogP contribution in [-0.2, 0) is 4.79 Å². The molecule has 0 atom stereocenters. The highest BCUT2D eigenvalue weighted by atomic mass is 16.6. The lowest BCUT2D eigenvalue weighted by Crippen LogP contribution is -2.26. The maximum Gasteiger partial charge on any atom is 0.409 e. The topological polar surface area (TPSA) is 92.5 Å². The van der Waals surface area contributed by atoms with Gasteiger partial charge in [-0.1, -0.05) is 0 Å². The highest BCUT2D eigenvalue weighted by molar-refractivity contribution is 5.84. The van der Waals surface area contributed by atoms with Crippen LogP contribution < -0.4 is 5.32 Å². The molecule has 0 unspecified atom stereocenters. The third-order valence-corrected chi connectivity index (χ3v) is 1.86. The summed E-state index contributed by atoms with van der Waals surface area (Å²) >= 11 is 0. The highest BCUT2D eigenvalue weighted by Crippen LogP contribution is 2.15. The summed E-state index contributed by atoms with van der Waals surface area (Å²) in [4.78, 5) is 20.0. The van der Waals surface area contributed by atoms with Gasteiger partial charge in [-0.25, -0.2) is 4.79 Å². The zero-order valence-corrected chi connectivity index (χ0v) is 6.95. The van der Waals surface area contributed by atoms with Crippen LogP contribution in [0.4, 0.5) is 0 Å². The van der Waals surface area contributed by atoms with E-state index in [9.17, 15) is 14.9 Å². The number of carboxylic acid groups (broad SMARTS) is 1. The van der Waals surface area contributed by atoms with Crippen molar-refractivity contribution in [1.29, 1.82) is 0 Å². The maximum absolute atomic E-state index is 10.5. The minimum absolute atomic E-state index is 0.240. The third kappa shape index (κ3) is 2.17. The van der Waals surface area contributed by atoms with Crippen LogP contribution in [0.1, 0.15) is 19.3 Å². The van der Waals surface area contributed by atoms with Gasteiger partial charge in [-0.3, -0.25) is 10.1 Å². The zero-order valence-electron chi connectivity index (χ0n) is 6.95. The molecule has 0 radical (unpaired) electrons. The maximum atomic E-state index is 10.5. The van der Waals surface area contributed by atoms with Crippen molar-refractivity contribution >= 4 is 5.97 Å². The number of aliphatic carboxylic acids is 1. The van der Waals surface area contributed by atoms with E-state index in [1.54, 1.807) is 0 Å². The summed E-state index contributed by atoms with van der Waals surface area (Å²) in [6.07, 6.45) is 2.17. The fourth-order valence-electron chi connectivity index (χ4n) is 1.27. The Balaban J connectivity index is 2.93. The second-order valence-corrected chi connectivity index (χ2v) is 2.77. The zero-order chi connectivity index (χ0) is 9.84. The van der Waals surface area contributed by atoms with Gasteiger partial charge in [0.1, 0.15) is 0 Å². The SMILES string of the molecule is O=C(O)C(=C1CCCCN1)[N+](=O)[O-]. The minimum atomic E-state index is -1.48. The van der Waals surface area contributed by atoms with Crippen LogP contribution in [0.15, 0.2) is 11.4 Å². The monoisotopic (exact) mass is 186 g/mol. The number of nitrogens with one attached hydrogen (secondary N) is 1. The first-order valence-corrected chi connectivity index (χ1v) is 3.97. The summed E-state index contributed by atoms with van der Waals surface area (Å²) in [6, 6.07) is 0. The molecule has 0 spiro atoms. The number of piperidine rings is 1. The van der Waals surface area contributed by atoms with Gasteiger partial charge >= 0.3 is 11.7 Å². The molecule has 0 aromatic carbocycles. The second-order valence-electron chi connectivity index (χ2n) is 2.77. The lowest BCUT2D eigenvalue weighted by atomic mass is 10.1. The molecule has 13 heavy (non-hydrogen) atoms. The van der Waals surface area contributed by atoms with Gasteiger partial charge in [0.05, 0.1) is 10.6 Å². The number of rotatable bonds is 2. The molecule has 1 saturated heterocycles. The summed E-state index contributed by atoms with van der Waals surface area (Å²) in [6.45, 7) is 0.611. The summed E-state index contributed by atoms with van der Waals surface area (Å²) in [5, 5.41) is 21.7. The molecular formula is C7H10N2O4. The second kappa shape index (κ2) is 3.88. The van der Waals surface area contributed by atoms with Crippen molar-refractivity contribution in [2.24, 2.45) is 0 Å². The normalized spacial score (nSPS) is 20.3. The molecule has 0 saturated carbocycles. The number of carbonyl (C=O) groups is 1. The van der Waals surface area contributed by atoms with E-state index in [-0.39, 0.29) is 5.70 Å². The van der Waals surface area contributed by atoms with Crippen molar-refractivity contribution < 1.29 is 14.8 Å². The van der Waals surface area contributed by atoms with Crippen molar-refractivity contribution in [2.45, 2.75) is 19.3 Å². The van der Waals surface area contributed by atoms with E-state index in [1.165, 1.54) is 0 Å². The Morgan fingerprint density at radius 3 is 2.62 bits per heavy atom. The molecule has 72 valence electrons. The van der Waals surface area contributed by atoms with Gasteiger partial charge in [0.15, 0.2) is 0 Å². The molecule has 1 fully saturated rings. The first-order valence-electron chi connectivity index (χ1n) is 3.97. The van der Waals surface area contributed by atoms with E-state index < -0.39 is 16.6 Å². The Morgan fingerprint density at radius 1 is 1.54 bits per heavy atom. The molecule has 1 rings (SSSR count). The molecule has 0 bridgehead atoms. The standard InChI is InChI=1S/C7H10N2O4/c10-7(11)6(9(12)13)5-3-1-2-4-8-5/h8H,1-4H2,(H,10,11). The fourth-order valence-corrected chi connectivity index (χ4v) is 1.27. The summed E-state index contributed by atoms with van der Waals surface area (Å²) in [5.74, 6) is -1.48. The smallest absolute Gasteiger partial charge is 0.409 e. The van der Waals surface area contributed by atoms with Crippen LogP contribution in [-0.4, -0.2) is 22.5 Å². The number of nitrogens with zero attached hydrogens (tertiary/aromatic N) is 1. The van der Waals surface area contributed by atoms with Crippen LogP contribution in [0, 0.1) is 10.1 Å². The van der Waals surface area contributed by atoms with Gasteiger partial charge < -0.3 is 10.4 Å². The van der Waals surface area contributed by atoms with Crippen molar-refractivity contribution in [3.63, 3.8) is 0 Å². The highest BCUT2D eigenvalue weighted by Gasteiger charge is 2.27. The Hall–Kier alpha value is -1.59. The first kappa shape index (κ1) is 9.50. The van der Waals surface area contributed by atoms with Gasteiger partial charge in [-0.15, -0.1) is 0 Å². The van der Waals surface area contributed by atoms with Crippen molar-refractivity contribution in [2.75, 3.05) is 6.54 Å². The van der Waals surface area contributed by atoms with Gasteiger partial charge in [0.25, 0.3) is 0 Å². The van der Waals surface area contributed by atoms with Crippen LogP contribution in [0.3, 0.4) is 0 Å².